The molecule has 10 heteroatoms. The van der Waals surface area contributed by atoms with E-state index in [0.29, 0.717) is 0 Å². The number of nitrogens with one attached hydrogen (secondary N) is 1. The van der Waals surface area contributed by atoms with Crippen LogP contribution in [0.3, 0.4) is 0 Å². The molecule has 0 aromatic carbocycles. The molecule has 0 saturated heterocycles. The molecule has 1 aromatic heterocycles. The third-order valence-corrected chi connectivity index (χ3v) is 5.44. The number of nitrogen functional groups attached to an aromatic ring is 1. The molecule has 0 aliphatic rings. The lowest BCUT2D eigenvalue weighted by Gasteiger charge is -2.04. The lowest BCUT2D eigenvalue weighted by Crippen LogP contribution is -2.17. The summed E-state index contributed by atoms with van der Waals surface area (Å²) < 4.78 is 47.3. The molecule has 0 amide bonds. The SMILES string of the molecule is CCS(=O)(=O)CCn1nc(NC)c(S(C)(=O)=O)c1N. The highest BCUT2D eigenvalue weighted by Crippen LogP contribution is 2.26. The van der Waals surface area contributed by atoms with Crippen LogP contribution in [0.25, 0.3) is 0 Å². The van der Waals surface area contributed by atoms with Crippen molar-refractivity contribution in [2.75, 3.05) is 35.9 Å². The van der Waals surface area contributed by atoms with Gasteiger partial charge in [-0.1, -0.05) is 6.92 Å². The molecule has 0 unspecified atom stereocenters. The van der Waals surface area contributed by atoms with Gasteiger partial charge < -0.3 is 11.1 Å². The third kappa shape index (κ3) is 3.60. The molecular weight excluding hydrogens is 292 g/mol. The summed E-state index contributed by atoms with van der Waals surface area (Å²) in [6.07, 6.45) is 1.02. The maximum Gasteiger partial charge on any atom is 0.182 e. The highest BCUT2D eigenvalue weighted by Gasteiger charge is 2.23. The Bertz CT molecular complexity index is 661. The van der Waals surface area contributed by atoms with Crippen molar-refractivity contribution in [3.63, 3.8) is 0 Å². The van der Waals surface area contributed by atoms with Crippen LogP contribution in [0.4, 0.5) is 11.6 Å². The molecule has 8 nitrogen and oxygen atoms in total. The van der Waals surface area contributed by atoms with Gasteiger partial charge in [-0.25, -0.2) is 21.5 Å². The highest BCUT2D eigenvalue weighted by atomic mass is 32.2. The predicted octanol–water partition coefficient (Wildman–Crippen LogP) is -0.655. The summed E-state index contributed by atoms with van der Waals surface area (Å²) in [5, 5.41) is 6.60. The van der Waals surface area contributed by atoms with E-state index in [0.717, 1.165) is 6.26 Å². The minimum atomic E-state index is -3.54. The Hall–Kier alpha value is -1.29. The summed E-state index contributed by atoms with van der Waals surface area (Å²) in [6.45, 7) is 1.56. The second-order valence-electron chi connectivity index (χ2n) is 4.04. The zero-order chi connectivity index (χ0) is 14.8. The first-order valence-corrected chi connectivity index (χ1v) is 9.28. The maximum atomic E-state index is 11.6. The number of hydrogen-bond donors (Lipinski definition) is 2. The van der Waals surface area contributed by atoms with E-state index in [9.17, 15) is 16.8 Å². The first-order chi connectivity index (χ1) is 8.62. The van der Waals surface area contributed by atoms with Gasteiger partial charge in [0.05, 0.1) is 12.3 Å². The molecular formula is C9H18N4O4S2. The Morgan fingerprint density at radius 1 is 1.32 bits per heavy atom. The fourth-order valence-electron chi connectivity index (χ4n) is 1.53. The fraction of sp³-hybridized carbons (Fsp3) is 0.667. The molecule has 0 aliphatic heterocycles. The number of nitrogens with two attached hydrogens (primary N) is 1. The molecule has 110 valence electrons. The van der Waals surface area contributed by atoms with Crippen molar-refractivity contribution in [2.45, 2.75) is 18.4 Å². The summed E-state index contributed by atoms with van der Waals surface area (Å²) in [5.41, 5.74) is 5.72. The van der Waals surface area contributed by atoms with Crippen molar-refractivity contribution in [2.24, 2.45) is 0 Å². The average molecular weight is 310 g/mol. The van der Waals surface area contributed by atoms with Crippen molar-refractivity contribution in [3.05, 3.63) is 0 Å². The first-order valence-electron chi connectivity index (χ1n) is 5.57. The summed E-state index contributed by atoms with van der Waals surface area (Å²) in [6, 6.07) is 0. The predicted molar refractivity (Wildman–Crippen MR) is 73.6 cm³/mol. The second kappa shape index (κ2) is 5.37. The standard InChI is InChI=1S/C9H18N4O4S2/c1-4-19(16,17)6-5-13-8(10)7(18(3,14)15)9(11-2)12-13/h4-6,10H2,1-3H3,(H,11,12). The van der Waals surface area contributed by atoms with Gasteiger partial charge in [-0.3, -0.25) is 0 Å². The maximum absolute atomic E-state index is 11.6. The monoisotopic (exact) mass is 310 g/mol. The molecule has 0 radical (unpaired) electrons. The molecule has 0 bridgehead atoms. The van der Waals surface area contributed by atoms with Gasteiger partial charge in [0.25, 0.3) is 0 Å². The quantitative estimate of drug-likeness (QED) is 0.715. The van der Waals surface area contributed by atoms with Crippen molar-refractivity contribution in [1.29, 1.82) is 0 Å². The van der Waals surface area contributed by atoms with E-state index >= 15 is 0 Å². The molecule has 0 fully saturated rings. The molecule has 0 spiro atoms. The van der Waals surface area contributed by atoms with Crippen LogP contribution in [0.2, 0.25) is 0 Å². The van der Waals surface area contributed by atoms with E-state index in [1.807, 2.05) is 0 Å². The third-order valence-electron chi connectivity index (χ3n) is 2.61. The smallest absolute Gasteiger partial charge is 0.182 e. The number of aromatic nitrogens is 2. The number of sulfone groups is 2. The van der Waals surface area contributed by atoms with Crippen LogP contribution in [0.1, 0.15) is 6.92 Å². The lowest BCUT2D eigenvalue weighted by atomic mass is 10.5. The summed E-state index contributed by atoms with van der Waals surface area (Å²) >= 11 is 0. The normalized spacial score (nSPS) is 12.6. The van der Waals surface area contributed by atoms with Crippen molar-refractivity contribution >= 4 is 31.3 Å². The molecule has 19 heavy (non-hydrogen) atoms. The lowest BCUT2D eigenvalue weighted by molar-refractivity contribution is 0.583. The Kier molecular flexibility index (Phi) is 4.46. The second-order valence-corrected chi connectivity index (χ2v) is 8.47. The van der Waals surface area contributed by atoms with Crippen LogP contribution >= 0.6 is 0 Å². The number of hydrogen-bond acceptors (Lipinski definition) is 7. The number of anilines is 2. The zero-order valence-corrected chi connectivity index (χ0v) is 12.7. The largest absolute Gasteiger partial charge is 0.383 e. The van der Waals surface area contributed by atoms with Gasteiger partial charge in [0.1, 0.15) is 5.82 Å². The van der Waals surface area contributed by atoms with Gasteiger partial charge in [-0.15, -0.1) is 0 Å². The average Bonchev–Trinajstić information content (AvgIpc) is 2.63. The first kappa shape index (κ1) is 15.8. The zero-order valence-electron chi connectivity index (χ0n) is 11.0. The van der Waals surface area contributed by atoms with Crippen molar-refractivity contribution in [1.82, 2.24) is 9.78 Å². The summed E-state index contributed by atoms with van der Waals surface area (Å²) in [4.78, 5) is -0.108. The van der Waals surface area contributed by atoms with E-state index in [2.05, 4.69) is 10.4 Å². The topological polar surface area (TPSA) is 124 Å². The highest BCUT2D eigenvalue weighted by molar-refractivity contribution is 7.91. The minimum absolute atomic E-state index is 0.0198. The van der Waals surface area contributed by atoms with Crippen LogP contribution in [-0.2, 0) is 26.2 Å². The van der Waals surface area contributed by atoms with Crippen molar-refractivity contribution < 1.29 is 16.8 Å². The molecule has 0 atom stereocenters. The van der Waals surface area contributed by atoms with Gasteiger partial charge in [0, 0.05) is 19.1 Å². The molecule has 0 aliphatic carbocycles. The van der Waals surface area contributed by atoms with Gasteiger partial charge >= 0.3 is 0 Å². The fourth-order valence-corrected chi connectivity index (χ4v) is 3.25. The number of rotatable bonds is 6. The van der Waals surface area contributed by atoms with E-state index in [1.165, 1.54) is 11.7 Å². The van der Waals surface area contributed by atoms with E-state index in [-0.39, 0.29) is 34.6 Å². The molecule has 3 N–H and O–H groups in total. The van der Waals surface area contributed by atoms with Crippen LogP contribution in [0.15, 0.2) is 4.90 Å². The molecule has 1 aromatic rings. The Morgan fingerprint density at radius 2 is 1.89 bits per heavy atom. The molecule has 1 rings (SSSR count). The minimum Gasteiger partial charge on any atom is -0.383 e. The van der Waals surface area contributed by atoms with Crippen LogP contribution in [0, 0.1) is 0 Å². The van der Waals surface area contributed by atoms with Crippen LogP contribution < -0.4 is 11.1 Å². The summed E-state index contributed by atoms with van der Waals surface area (Å²) in [5.74, 6) is -0.0553. The Labute approximate surface area is 112 Å². The van der Waals surface area contributed by atoms with Gasteiger partial charge in [-0.05, 0) is 0 Å². The Morgan fingerprint density at radius 3 is 2.26 bits per heavy atom. The van der Waals surface area contributed by atoms with Crippen molar-refractivity contribution in [3.8, 4) is 0 Å². The van der Waals surface area contributed by atoms with E-state index in [4.69, 9.17) is 5.73 Å². The van der Waals surface area contributed by atoms with Gasteiger partial charge in [-0.2, -0.15) is 5.10 Å². The Balaban J connectivity index is 3.16. The van der Waals surface area contributed by atoms with Gasteiger partial charge in [0.15, 0.2) is 30.4 Å². The number of nitrogens with zero attached hydrogens (tertiary/aromatic N) is 2. The van der Waals surface area contributed by atoms with Crippen LogP contribution in [-0.4, -0.2) is 51.4 Å². The molecule has 0 saturated carbocycles. The number of aryl methyl sites for hydroxylation is 1. The van der Waals surface area contributed by atoms with Gasteiger partial charge in [0.2, 0.25) is 0 Å². The van der Waals surface area contributed by atoms with E-state index < -0.39 is 19.7 Å². The van der Waals surface area contributed by atoms with E-state index in [1.54, 1.807) is 6.92 Å². The van der Waals surface area contributed by atoms with Crippen LogP contribution in [0.5, 0.6) is 0 Å². The summed E-state index contributed by atoms with van der Waals surface area (Å²) in [7, 11) is -5.18. The molecule has 1 heterocycles.